The van der Waals surface area contributed by atoms with Gasteiger partial charge in [0.15, 0.2) is 6.04 Å². The van der Waals surface area contributed by atoms with Gasteiger partial charge in [-0.25, -0.2) is 14.8 Å². The molecule has 5 atom stereocenters. The number of nitrogens with zero attached hydrogens (tertiary/aromatic N) is 5. The van der Waals surface area contributed by atoms with Gasteiger partial charge < -0.3 is 34.8 Å². The molecule has 0 spiro atoms. The van der Waals surface area contributed by atoms with Crippen LogP contribution in [0.2, 0.25) is 0 Å². The quantitative estimate of drug-likeness (QED) is 0.0507. The molecule has 5 heterocycles. The van der Waals surface area contributed by atoms with Gasteiger partial charge in [0.25, 0.3) is 0 Å². The molecule has 6 aromatic rings. The van der Waals surface area contributed by atoms with Crippen molar-refractivity contribution >= 4 is 50.7 Å². The zero-order chi connectivity index (χ0) is 43.3. The number of H-pyrrole nitrogens is 2. The standard InChI is InChI=1S/C47H54N8O7/c1-27(2)41(52-46(57)61-4)45(56)53-19-5-7-39(53)44-49-37-16-14-34-24-33(13-15-36(34)42(37)51-44)30-9-10-32-25-35(12-11-31(32)23-30)38-26-48-43(50-38)40-8-6-20-54(40)55(60,47(58)59)28(3)29-17-21-62-22-18-29/h9-16,23-29,39-41,60H,5-8,17-22H2,1-4H3,(H3-,48,49,50,51,52,57,58,59)/p+1. The van der Waals surface area contributed by atoms with Crippen molar-refractivity contribution < 1.29 is 38.9 Å². The zero-order valence-corrected chi connectivity index (χ0v) is 35.6. The lowest BCUT2D eigenvalue weighted by Gasteiger charge is -2.42. The van der Waals surface area contributed by atoms with E-state index in [-0.39, 0.29) is 29.8 Å². The summed E-state index contributed by atoms with van der Waals surface area (Å²) >= 11 is 0. The van der Waals surface area contributed by atoms with Gasteiger partial charge >= 0.3 is 12.2 Å². The van der Waals surface area contributed by atoms with Crippen LogP contribution in [0.3, 0.4) is 0 Å². The molecule has 62 heavy (non-hydrogen) atoms. The molecule has 4 aromatic carbocycles. The molecule has 15 heteroatoms. The molecule has 0 aliphatic carbocycles. The Morgan fingerprint density at radius 1 is 0.839 bits per heavy atom. The lowest BCUT2D eigenvalue weighted by Crippen LogP contribution is -2.67. The first-order valence-corrected chi connectivity index (χ1v) is 21.8. The van der Waals surface area contributed by atoms with Gasteiger partial charge in [0.1, 0.15) is 23.7 Å². The number of likely N-dealkylation sites (tertiary alicyclic amines) is 1. The number of benzene rings is 4. The number of quaternary nitrogens is 1. The lowest BCUT2D eigenvalue weighted by atomic mass is 9.92. The first-order valence-electron chi connectivity index (χ1n) is 21.8. The summed E-state index contributed by atoms with van der Waals surface area (Å²) in [5.74, 6) is 1.16. The highest BCUT2D eigenvalue weighted by atomic mass is 16.7. The summed E-state index contributed by atoms with van der Waals surface area (Å²) < 4.78 is 9.15. The summed E-state index contributed by atoms with van der Waals surface area (Å²) in [7, 11) is 1.30. The minimum atomic E-state index is -1.28. The number of amides is 3. The molecule has 5 N–H and O–H groups in total. The number of carbonyl (C=O) groups is 3. The van der Waals surface area contributed by atoms with E-state index in [1.54, 1.807) is 11.2 Å². The molecule has 5 unspecified atom stereocenters. The lowest BCUT2D eigenvalue weighted by molar-refractivity contribution is -1.15. The molecule has 3 amide bonds. The van der Waals surface area contributed by atoms with E-state index in [4.69, 9.17) is 19.4 Å². The monoisotopic (exact) mass is 843 g/mol. The number of aromatic amines is 2. The fourth-order valence-corrected chi connectivity index (χ4v) is 10.0. The molecule has 3 fully saturated rings. The van der Waals surface area contributed by atoms with Gasteiger partial charge in [-0.15, -0.1) is 5.01 Å². The maximum Gasteiger partial charge on any atom is 0.568 e. The number of nitrogens with one attached hydrogen (secondary N) is 3. The summed E-state index contributed by atoms with van der Waals surface area (Å²) in [5, 5.41) is 30.9. The fraction of sp³-hybridized carbons (Fsp3) is 0.426. The van der Waals surface area contributed by atoms with Crippen LogP contribution in [0.5, 0.6) is 0 Å². The molecule has 3 aliphatic heterocycles. The van der Waals surface area contributed by atoms with E-state index in [2.05, 4.69) is 75.9 Å². The Morgan fingerprint density at radius 2 is 1.50 bits per heavy atom. The number of fused-ring (bicyclic) bond motifs is 4. The second kappa shape index (κ2) is 16.8. The van der Waals surface area contributed by atoms with E-state index in [1.807, 2.05) is 31.7 Å². The van der Waals surface area contributed by atoms with E-state index in [0.29, 0.717) is 51.4 Å². The van der Waals surface area contributed by atoms with Crippen molar-refractivity contribution in [1.82, 2.24) is 35.2 Å². The van der Waals surface area contributed by atoms with Crippen LogP contribution in [-0.2, 0) is 14.3 Å². The Labute approximate surface area is 359 Å². The summed E-state index contributed by atoms with van der Waals surface area (Å²) in [6.07, 6.45) is 4.37. The number of carboxylic acid groups (broad SMARTS) is 1. The van der Waals surface area contributed by atoms with Crippen LogP contribution < -0.4 is 5.32 Å². The number of ether oxygens (including phenoxy) is 2. The molecule has 3 saturated heterocycles. The summed E-state index contributed by atoms with van der Waals surface area (Å²) in [4.78, 5) is 57.1. The highest BCUT2D eigenvalue weighted by Crippen LogP contribution is 2.40. The predicted molar refractivity (Wildman–Crippen MR) is 234 cm³/mol. The third kappa shape index (κ3) is 7.46. The molecule has 2 aromatic heterocycles. The third-order valence-corrected chi connectivity index (χ3v) is 13.5. The number of carbonyl (C=O) groups excluding carboxylic acids is 2. The summed E-state index contributed by atoms with van der Waals surface area (Å²) in [5.41, 5.74) is 5.70. The van der Waals surface area contributed by atoms with Crippen molar-refractivity contribution in [2.24, 2.45) is 11.8 Å². The molecular formula is C47H55N8O7+. The van der Waals surface area contributed by atoms with Gasteiger partial charge in [0, 0.05) is 36.6 Å². The maximum absolute atomic E-state index is 13.7. The molecule has 0 bridgehead atoms. The van der Waals surface area contributed by atoms with E-state index in [1.165, 1.54) is 7.11 Å². The molecule has 15 nitrogen and oxygen atoms in total. The first-order chi connectivity index (χ1) is 29.9. The Morgan fingerprint density at radius 3 is 2.23 bits per heavy atom. The normalized spacial score (nSPS) is 20.8. The van der Waals surface area contributed by atoms with E-state index < -0.39 is 29.0 Å². The second-order valence-corrected chi connectivity index (χ2v) is 17.5. The van der Waals surface area contributed by atoms with Gasteiger partial charge in [-0.2, -0.15) is 10.0 Å². The van der Waals surface area contributed by atoms with Gasteiger partial charge in [-0.05, 0) is 108 Å². The summed E-state index contributed by atoms with van der Waals surface area (Å²) in [6.45, 7) is 7.82. The highest BCUT2D eigenvalue weighted by Gasteiger charge is 2.56. The Bertz CT molecular complexity index is 2650. The van der Waals surface area contributed by atoms with E-state index in [9.17, 15) is 24.7 Å². The second-order valence-electron chi connectivity index (χ2n) is 17.5. The largest absolute Gasteiger partial charge is 0.568 e. The Balaban J connectivity index is 0.932. The molecule has 324 valence electrons. The molecule has 3 aliphatic rings. The van der Waals surface area contributed by atoms with Crippen LogP contribution in [0.25, 0.3) is 55.0 Å². The summed E-state index contributed by atoms with van der Waals surface area (Å²) in [6, 6.07) is 21.5. The average Bonchev–Trinajstić information content (AvgIpc) is 4.13. The van der Waals surface area contributed by atoms with E-state index >= 15 is 0 Å². The van der Waals surface area contributed by atoms with Crippen molar-refractivity contribution in [3.05, 3.63) is 84.6 Å². The number of rotatable bonds is 10. The number of methoxy groups -OCH3 is 1. The molecule has 0 radical (unpaired) electrons. The van der Waals surface area contributed by atoms with Crippen LogP contribution >= 0.6 is 0 Å². The average molecular weight is 844 g/mol. The first kappa shape index (κ1) is 41.5. The number of imidazole rings is 2. The van der Waals surface area contributed by atoms with Crippen molar-refractivity contribution in [2.45, 2.75) is 83.5 Å². The van der Waals surface area contributed by atoms with Crippen molar-refractivity contribution in [2.75, 3.05) is 33.4 Å². The van der Waals surface area contributed by atoms with Gasteiger partial charge in [-0.3, -0.25) is 4.79 Å². The highest BCUT2D eigenvalue weighted by molar-refractivity contribution is 6.05. The predicted octanol–water partition coefficient (Wildman–Crippen LogP) is 8.72. The van der Waals surface area contributed by atoms with Gasteiger partial charge in [0.05, 0.1) is 42.6 Å². The van der Waals surface area contributed by atoms with Gasteiger partial charge in [-0.1, -0.05) is 56.3 Å². The van der Waals surface area contributed by atoms with Crippen LogP contribution in [0.4, 0.5) is 9.59 Å². The van der Waals surface area contributed by atoms with Crippen LogP contribution in [0.1, 0.15) is 83.0 Å². The minimum absolute atomic E-state index is 0.0256. The van der Waals surface area contributed by atoms with Crippen LogP contribution in [0, 0.1) is 11.8 Å². The maximum atomic E-state index is 13.7. The SMILES string of the molecule is COC(=O)NC(C(=O)N1CCCC1c1nc2c(ccc3cc(-c4ccc5cc(-c6cnc(C7CCCN7[N+](O)(C(=O)O)C(C)C7CCOCC7)[nH]6)ccc5c4)ccc32)[nH]1)C(C)C. The third-order valence-electron chi connectivity index (χ3n) is 13.5. The van der Waals surface area contributed by atoms with Crippen LogP contribution in [-0.4, -0.2) is 109 Å². The smallest absolute Gasteiger partial charge is 0.453 e. The fourth-order valence-electron chi connectivity index (χ4n) is 10.0. The van der Waals surface area contributed by atoms with Crippen molar-refractivity contribution in [1.29, 1.82) is 0 Å². The van der Waals surface area contributed by atoms with Crippen molar-refractivity contribution in [3.63, 3.8) is 0 Å². The molecular weight excluding hydrogens is 789 g/mol. The minimum Gasteiger partial charge on any atom is -0.453 e. The number of hydrogen-bond acceptors (Lipinski definition) is 9. The molecule has 9 rings (SSSR count). The zero-order valence-electron chi connectivity index (χ0n) is 35.6. The van der Waals surface area contributed by atoms with E-state index in [0.717, 1.165) is 80.0 Å². The topological polar surface area (TPSA) is 186 Å². The van der Waals surface area contributed by atoms with Crippen molar-refractivity contribution in [3.8, 4) is 22.4 Å². The number of hydroxylamine groups is 2. The van der Waals surface area contributed by atoms with Crippen LogP contribution in [0.15, 0.2) is 72.9 Å². The molecule has 0 saturated carbocycles. The number of aromatic nitrogens is 4. The Kier molecular flexibility index (Phi) is 11.2. The van der Waals surface area contributed by atoms with Gasteiger partial charge in [0.2, 0.25) is 5.91 Å². The number of hydrogen-bond donors (Lipinski definition) is 5. The Hall–Kier alpha value is -5.87. The number of alkyl carbamates (subject to hydrolysis) is 1.